The summed E-state index contributed by atoms with van der Waals surface area (Å²) in [6.45, 7) is 1.35. The molecule has 12 heteroatoms. The molecule has 152 valence electrons. The molecule has 8 nitrogen and oxygen atoms in total. The lowest BCUT2D eigenvalue weighted by Crippen LogP contribution is -2.43. The van der Waals surface area contributed by atoms with Crippen molar-refractivity contribution in [1.29, 1.82) is 0 Å². The first-order valence-electron chi connectivity index (χ1n) is 8.24. The number of nitrogens with one attached hydrogen (secondary N) is 1. The van der Waals surface area contributed by atoms with Crippen LogP contribution in [0.2, 0.25) is 0 Å². The molecule has 1 aliphatic heterocycles. The van der Waals surface area contributed by atoms with Gasteiger partial charge in [0.25, 0.3) is 0 Å². The number of nitro benzene ring substituents is 1. The SMILES string of the molecule is C[C@@H](Nc1cccc(S(N)(=O)=O)c1[N+](=O)[O-])C1CCN(CC(F)(F)F)CC1. The van der Waals surface area contributed by atoms with Gasteiger partial charge in [-0.25, -0.2) is 13.6 Å². The first kappa shape index (κ1) is 21.4. The molecule has 0 saturated carbocycles. The standard InChI is InChI=1S/C15H21F3N4O4S/c1-10(11-5-7-21(8-6-11)9-15(16,17)18)20-12-3-2-4-13(27(19,25)26)14(12)22(23)24/h2-4,10-11,20H,5-9H2,1H3,(H2,19,25,26)/t10-/m1/s1. The van der Waals surface area contributed by atoms with E-state index in [4.69, 9.17) is 5.14 Å². The molecule has 0 aliphatic carbocycles. The summed E-state index contributed by atoms with van der Waals surface area (Å²) >= 11 is 0. The van der Waals surface area contributed by atoms with E-state index in [2.05, 4.69) is 5.32 Å². The molecular formula is C15H21F3N4O4S. The number of sulfonamides is 1. The Labute approximate surface area is 154 Å². The largest absolute Gasteiger partial charge is 0.401 e. The maximum absolute atomic E-state index is 12.5. The van der Waals surface area contributed by atoms with E-state index < -0.39 is 38.3 Å². The lowest BCUT2D eigenvalue weighted by molar-refractivity contribution is -0.386. The second-order valence-corrected chi connectivity index (χ2v) is 8.15. The molecule has 0 aromatic heterocycles. The normalized spacial score (nSPS) is 18.3. The molecule has 27 heavy (non-hydrogen) atoms. The molecule has 1 fully saturated rings. The highest BCUT2D eigenvalue weighted by Crippen LogP contribution is 2.33. The number of para-hydroxylation sites is 1. The maximum Gasteiger partial charge on any atom is 0.401 e. The minimum Gasteiger partial charge on any atom is -0.377 e. The second-order valence-electron chi connectivity index (χ2n) is 6.62. The van der Waals surface area contributed by atoms with E-state index in [0.717, 1.165) is 6.07 Å². The summed E-state index contributed by atoms with van der Waals surface area (Å²) in [5.41, 5.74) is -0.627. The third-order valence-electron chi connectivity index (χ3n) is 4.61. The number of halogens is 3. The van der Waals surface area contributed by atoms with Crippen molar-refractivity contribution >= 4 is 21.4 Å². The van der Waals surface area contributed by atoms with Crippen molar-refractivity contribution in [1.82, 2.24) is 4.90 Å². The van der Waals surface area contributed by atoms with Crippen LogP contribution in [0.4, 0.5) is 24.5 Å². The first-order valence-corrected chi connectivity index (χ1v) is 9.79. The van der Waals surface area contributed by atoms with Gasteiger partial charge in [0.15, 0.2) is 4.90 Å². The predicted octanol–water partition coefficient (Wildman–Crippen LogP) is 2.32. The zero-order valence-electron chi connectivity index (χ0n) is 14.6. The van der Waals surface area contributed by atoms with Crippen LogP contribution < -0.4 is 10.5 Å². The molecule has 1 heterocycles. The number of hydrogen-bond donors (Lipinski definition) is 2. The van der Waals surface area contributed by atoms with E-state index in [1.807, 2.05) is 0 Å². The highest BCUT2D eigenvalue weighted by molar-refractivity contribution is 7.89. The fraction of sp³-hybridized carbons (Fsp3) is 0.600. The molecule has 1 aromatic rings. The van der Waals surface area contributed by atoms with E-state index >= 15 is 0 Å². The number of hydrogen-bond acceptors (Lipinski definition) is 6. The van der Waals surface area contributed by atoms with E-state index in [9.17, 15) is 31.7 Å². The molecule has 2 rings (SSSR count). The molecular weight excluding hydrogens is 389 g/mol. The molecule has 0 amide bonds. The van der Waals surface area contributed by atoms with Crippen LogP contribution in [0.3, 0.4) is 0 Å². The minimum absolute atomic E-state index is 0.00720. The van der Waals surface area contributed by atoms with E-state index in [-0.39, 0.29) is 30.7 Å². The molecule has 0 bridgehead atoms. The zero-order valence-corrected chi connectivity index (χ0v) is 15.4. The monoisotopic (exact) mass is 410 g/mol. The Morgan fingerprint density at radius 2 is 1.96 bits per heavy atom. The third-order valence-corrected chi connectivity index (χ3v) is 5.56. The van der Waals surface area contributed by atoms with E-state index in [0.29, 0.717) is 12.8 Å². The lowest BCUT2D eigenvalue weighted by atomic mass is 9.90. The summed E-state index contributed by atoms with van der Waals surface area (Å²) in [7, 11) is -4.28. The van der Waals surface area contributed by atoms with Crippen LogP contribution in [0, 0.1) is 16.0 Å². The zero-order chi connectivity index (χ0) is 20.4. The second kappa shape index (κ2) is 7.98. The summed E-state index contributed by atoms with van der Waals surface area (Å²) < 4.78 is 60.6. The number of piperidine rings is 1. The highest BCUT2D eigenvalue weighted by Gasteiger charge is 2.34. The van der Waals surface area contributed by atoms with Gasteiger partial charge in [-0.3, -0.25) is 15.0 Å². The molecule has 0 spiro atoms. The highest BCUT2D eigenvalue weighted by atomic mass is 32.2. The van der Waals surface area contributed by atoms with Crippen molar-refractivity contribution in [2.45, 2.75) is 36.9 Å². The number of rotatable bonds is 6. The number of anilines is 1. The number of primary sulfonamides is 1. The summed E-state index contributed by atoms with van der Waals surface area (Å²) in [5, 5.41) is 19.3. The van der Waals surface area contributed by atoms with Gasteiger partial charge in [0.1, 0.15) is 5.69 Å². The van der Waals surface area contributed by atoms with Crippen molar-refractivity contribution in [3.05, 3.63) is 28.3 Å². The number of alkyl halides is 3. The topological polar surface area (TPSA) is 119 Å². The van der Waals surface area contributed by atoms with Crippen LogP contribution in [-0.2, 0) is 10.0 Å². The molecule has 1 aromatic carbocycles. The molecule has 1 aliphatic rings. The van der Waals surface area contributed by atoms with Crippen LogP contribution in [0.1, 0.15) is 19.8 Å². The van der Waals surface area contributed by atoms with E-state index in [1.165, 1.54) is 17.0 Å². The van der Waals surface area contributed by atoms with E-state index in [1.54, 1.807) is 6.92 Å². The number of nitrogens with two attached hydrogens (primary N) is 1. The van der Waals surface area contributed by atoms with Crippen molar-refractivity contribution < 1.29 is 26.5 Å². The van der Waals surface area contributed by atoms with Crippen molar-refractivity contribution in [3.8, 4) is 0 Å². The maximum atomic E-state index is 12.5. The van der Waals surface area contributed by atoms with Crippen molar-refractivity contribution in [2.75, 3.05) is 25.0 Å². The Morgan fingerprint density at radius 1 is 1.37 bits per heavy atom. The van der Waals surface area contributed by atoms with Crippen LogP contribution in [0.15, 0.2) is 23.1 Å². The van der Waals surface area contributed by atoms with Crippen LogP contribution >= 0.6 is 0 Å². The Morgan fingerprint density at radius 3 is 2.44 bits per heavy atom. The van der Waals surface area contributed by atoms with Crippen LogP contribution in [0.5, 0.6) is 0 Å². The van der Waals surface area contributed by atoms with Gasteiger partial charge in [0.2, 0.25) is 10.0 Å². The fourth-order valence-electron chi connectivity index (χ4n) is 3.28. The van der Waals surface area contributed by atoms with Crippen molar-refractivity contribution in [3.63, 3.8) is 0 Å². The Kier molecular flexibility index (Phi) is 6.32. The van der Waals surface area contributed by atoms with Crippen molar-refractivity contribution in [2.24, 2.45) is 11.1 Å². The summed E-state index contributed by atoms with van der Waals surface area (Å²) in [6.07, 6.45) is -3.26. The lowest BCUT2D eigenvalue weighted by Gasteiger charge is -2.35. The first-order chi connectivity index (χ1) is 12.4. The average molecular weight is 410 g/mol. The Bertz CT molecular complexity index is 793. The van der Waals surface area contributed by atoms with Gasteiger partial charge in [-0.1, -0.05) is 6.07 Å². The van der Waals surface area contributed by atoms with Crippen LogP contribution in [-0.4, -0.2) is 50.1 Å². The number of likely N-dealkylation sites (tertiary alicyclic amines) is 1. The Balaban J connectivity index is 2.11. The average Bonchev–Trinajstić information content (AvgIpc) is 2.52. The minimum atomic E-state index is -4.28. The molecule has 1 saturated heterocycles. The van der Waals surface area contributed by atoms with Gasteiger partial charge >= 0.3 is 11.9 Å². The summed E-state index contributed by atoms with van der Waals surface area (Å²) in [4.78, 5) is 11.3. The Hall–Kier alpha value is -1.92. The summed E-state index contributed by atoms with van der Waals surface area (Å²) in [6, 6.07) is 3.47. The van der Waals surface area contributed by atoms with Gasteiger partial charge in [-0.15, -0.1) is 0 Å². The molecule has 0 unspecified atom stereocenters. The van der Waals surface area contributed by atoms with Gasteiger partial charge in [-0.05, 0) is 50.9 Å². The van der Waals surface area contributed by atoms with Gasteiger partial charge < -0.3 is 5.32 Å². The molecule has 1 atom stereocenters. The third kappa shape index (κ3) is 5.78. The predicted molar refractivity (Wildman–Crippen MR) is 92.8 cm³/mol. The van der Waals surface area contributed by atoms with Gasteiger partial charge in [-0.2, -0.15) is 13.2 Å². The van der Waals surface area contributed by atoms with Gasteiger partial charge in [0, 0.05) is 6.04 Å². The number of nitro groups is 1. The quantitative estimate of drug-likeness (QED) is 0.549. The molecule has 0 radical (unpaired) electrons. The summed E-state index contributed by atoms with van der Waals surface area (Å²) in [5.74, 6) is -0.00720. The smallest absolute Gasteiger partial charge is 0.377 e. The van der Waals surface area contributed by atoms with Gasteiger partial charge in [0.05, 0.1) is 11.5 Å². The van der Waals surface area contributed by atoms with Crippen LogP contribution in [0.25, 0.3) is 0 Å². The number of benzene rings is 1. The molecule has 3 N–H and O–H groups in total. The number of nitrogens with zero attached hydrogens (tertiary/aromatic N) is 2. The fourth-order valence-corrected chi connectivity index (χ4v) is 4.01.